The predicted molar refractivity (Wildman–Crippen MR) is 88.0 cm³/mol. The third kappa shape index (κ3) is 2.08. The highest BCUT2D eigenvalue weighted by molar-refractivity contribution is 5.82. The highest BCUT2D eigenvalue weighted by atomic mass is 15.4. The first-order valence-corrected chi connectivity index (χ1v) is 7.50. The predicted octanol–water partition coefficient (Wildman–Crippen LogP) is 1.56. The highest BCUT2D eigenvalue weighted by Crippen LogP contribution is 2.35. The van der Waals surface area contributed by atoms with Crippen LogP contribution in [0.5, 0.6) is 0 Å². The summed E-state index contributed by atoms with van der Waals surface area (Å²) in [7, 11) is 0. The molecular weight excluding hydrogens is 320 g/mol. The number of rotatable bonds is 4. The number of aromatic amines is 3. The van der Waals surface area contributed by atoms with Gasteiger partial charge in [0.05, 0.1) is 36.3 Å². The Morgan fingerprint density at radius 2 is 1.84 bits per heavy atom. The molecular formula is C15H12N10. The minimum Gasteiger partial charge on any atom is -0.344 e. The smallest absolute Gasteiger partial charge is 0.155 e. The summed E-state index contributed by atoms with van der Waals surface area (Å²) in [6, 6.07) is 0. The maximum atomic E-state index is 4.77. The Morgan fingerprint density at radius 3 is 2.52 bits per heavy atom. The molecule has 5 rings (SSSR count). The zero-order valence-corrected chi connectivity index (χ0v) is 12.8. The zero-order chi connectivity index (χ0) is 16.6. The Labute approximate surface area is 140 Å². The average molecular weight is 332 g/mol. The van der Waals surface area contributed by atoms with Crippen molar-refractivity contribution >= 4 is 0 Å². The van der Waals surface area contributed by atoms with Crippen molar-refractivity contribution in [3.05, 3.63) is 56.2 Å². The van der Waals surface area contributed by atoms with Crippen LogP contribution in [-0.2, 0) is 0 Å². The lowest BCUT2D eigenvalue weighted by molar-refractivity contribution is 0.804. The summed E-state index contributed by atoms with van der Waals surface area (Å²) in [6.07, 6.45) is 15.4. The third-order valence-corrected chi connectivity index (χ3v) is 3.81. The quantitative estimate of drug-likeness (QED) is 0.461. The molecule has 0 spiro atoms. The van der Waals surface area contributed by atoms with Crippen LogP contribution in [-0.4, -0.2) is 49.2 Å². The number of hydrogen-bond donors (Lipinski definition) is 3. The Kier molecular flexibility index (Phi) is 2.86. The Balaban J connectivity index is 1.88. The molecule has 25 heavy (non-hydrogen) atoms. The second kappa shape index (κ2) is 5.30. The summed E-state index contributed by atoms with van der Waals surface area (Å²) in [5.74, 6) is 2.20. The number of imidazole rings is 4. The van der Waals surface area contributed by atoms with Gasteiger partial charge in [-0.1, -0.05) is 0 Å². The SMILES string of the molecule is c1cn(-c2c(-c3ncc[nH]3)c(-c3cnc[nH]3)nn2-c2cnc[nH]2)cn1. The van der Waals surface area contributed by atoms with Gasteiger partial charge in [-0.2, -0.15) is 9.78 Å². The van der Waals surface area contributed by atoms with E-state index in [1.165, 1.54) is 0 Å². The topological polar surface area (TPSA) is 122 Å². The molecule has 0 aliphatic rings. The van der Waals surface area contributed by atoms with Gasteiger partial charge in [0.25, 0.3) is 0 Å². The number of nitrogens with one attached hydrogen (secondary N) is 3. The number of nitrogens with zero attached hydrogens (tertiary/aromatic N) is 7. The van der Waals surface area contributed by atoms with E-state index in [1.54, 1.807) is 54.6 Å². The van der Waals surface area contributed by atoms with E-state index in [2.05, 4.69) is 34.9 Å². The minimum absolute atomic E-state index is 0.694. The fourth-order valence-electron chi connectivity index (χ4n) is 2.76. The Bertz CT molecular complexity index is 979. The van der Waals surface area contributed by atoms with Crippen LogP contribution < -0.4 is 0 Å². The molecule has 5 aromatic heterocycles. The molecule has 10 heteroatoms. The van der Waals surface area contributed by atoms with E-state index in [1.807, 2.05) is 10.8 Å². The first-order chi connectivity index (χ1) is 12.4. The first kappa shape index (κ1) is 13.5. The van der Waals surface area contributed by atoms with Gasteiger partial charge in [-0.25, -0.2) is 19.9 Å². The van der Waals surface area contributed by atoms with Gasteiger partial charge in [-0.05, 0) is 0 Å². The molecule has 0 radical (unpaired) electrons. The fourth-order valence-corrected chi connectivity index (χ4v) is 2.76. The van der Waals surface area contributed by atoms with Crippen molar-refractivity contribution in [1.82, 2.24) is 49.2 Å². The van der Waals surface area contributed by atoms with E-state index in [0.29, 0.717) is 11.5 Å². The van der Waals surface area contributed by atoms with Crippen LogP contribution in [0, 0.1) is 0 Å². The summed E-state index contributed by atoms with van der Waals surface area (Å²) >= 11 is 0. The van der Waals surface area contributed by atoms with Gasteiger partial charge in [-0.3, -0.25) is 4.57 Å². The van der Waals surface area contributed by atoms with Crippen molar-refractivity contribution in [3.63, 3.8) is 0 Å². The van der Waals surface area contributed by atoms with Gasteiger partial charge in [0.1, 0.15) is 17.8 Å². The molecule has 0 fully saturated rings. The van der Waals surface area contributed by atoms with E-state index in [-0.39, 0.29) is 0 Å². The number of hydrogen-bond acceptors (Lipinski definition) is 5. The van der Waals surface area contributed by atoms with Gasteiger partial charge >= 0.3 is 0 Å². The molecule has 0 amide bonds. The van der Waals surface area contributed by atoms with Gasteiger partial charge in [0.15, 0.2) is 11.6 Å². The maximum absolute atomic E-state index is 4.77. The van der Waals surface area contributed by atoms with E-state index in [4.69, 9.17) is 5.10 Å². The summed E-state index contributed by atoms with van der Waals surface area (Å²) in [5.41, 5.74) is 2.32. The lowest BCUT2D eigenvalue weighted by atomic mass is 10.1. The molecule has 122 valence electrons. The van der Waals surface area contributed by atoms with Crippen LogP contribution >= 0.6 is 0 Å². The van der Waals surface area contributed by atoms with Crippen LogP contribution in [0.4, 0.5) is 0 Å². The molecule has 10 nitrogen and oxygen atoms in total. The van der Waals surface area contributed by atoms with Gasteiger partial charge in [0, 0.05) is 24.8 Å². The van der Waals surface area contributed by atoms with Crippen LogP contribution in [0.2, 0.25) is 0 Å². The van der Waals surface area contributed by atoms with Crippen LogP contribution in [0.15, 0.2) is 56.2 Å². The lowest BCUT2D eigenvalue weighted by Gasteiger charge is -2.07. The van der Waals surface area contributed by atoms with E-state index < -0.39 is 0 Å². The van der Waals surface area contributed by atoms with Crippen molar-refractivity contribution in [3.8, 4) is 34.4 Å². The Morgan fingerprint density at radius 1 is 0.920 bits per heavy atom. The molecule has 5 heterocycles. The maximum Gasteiger partial charge on any atom is 0.155 e. The molecule has 0 aromatic carbocycles. The first-order valence-electron chi connectivity index (χ1n) is 7.50. The molecule has 0 unspecified atom stereocenters. The molecule has 0 bridgehead atoms. The lowest BCUT2D eigenvalue weighted by Crippen LogP contribution is -2.05. The summed E-state index contributed by atoms with van der Waals surface area (Å²) in [5, 5.41) is 4.77. The van der Waals surface area contributed by atoms with Gasteiger partial charge < -0.3 is 15.0 Å². The van der Waals surface area contributed by atoms with Crippen molar-refractivity contribution in [2.24, 2.45) is 0 Å². The third-order valence-electron chi connectivity index (χ3n) is 3.81. The van der Waals surface area contributed by atoms with Crippen LogP contribution in [0.25, 0.3) is 34.4 Å². The van der Waals surface area contributed by atoms with Crippen molar-refractivity contribution in [1.29, 1.82) is 0 Å². The molecule has 0 aliphatic carbocycles. The van der Waals surface area contributed by atoms with Crippen LogP contribution in [0.3, 0.4) is 0 Å². The second-order valence-corrected chi connectivity index (χ2v) is 5.27. The Hall–Kier alpha value is -3.95. The van der Waals surface area contributed by atoms with E-state index in [9.17, 15) is 0 Å². The van der Waals surface area contributed by atoms with E-state index in [0.717, 1.165) is 22.9 Å². The summed E-state index contributed by atoms with van der Waals surface area (Å²) in [4.78, 5) is 26.1. The van der Waals surface area contributed by atoms with Gasteiger partial charge in [0.2, 0.25) is 0 Å². The average Bonchev–Trinajstić information content (AvgIpc) is 3.48. The van der Waals surface area contributed by atoms with Crippen molar-refractivity contribution in [2.45, 2.75) is 0 Å². The van der Waals surface area contributed by atoms with E-state index >= 15 is 0 Å². The summed E-state index contributed by atoms with van der Waals surface area (Å²) in [6.45, 7) is 0. The molecule has 5 aromatic rings. The molecule has 0 saturated carbocycles. The standard InChI is InChI=1S/C15H12N10/c1-2-20-14(19-1)12-13(10-5-17-7-21-10)23-25(11-6-18-8-22-11)15(12)24-4-3-16-9-24/h1-9H,(H,17,21)(H,18,22)(H,19,20). The molecule has 3 N–H and O–H groups in total. The largest absolute Gasteiger partial charge is 0.344 e. The van der Waals surface area contributed by atoms with Gasteiger partial charge in [-0.15, -0.1) is 0 Å². The molecule has 0 aliphatic heterocycles. The minimum atomic E-state index is 0.694. The monoisotopic (exact) mass is 332 g/mol. The highest BCUT2D eigenvalue weighted by Gasteiger charge is 2.25. The summed E-state index contributed by atoms with van der Waals surface area (Å²) < 4.78 is 3.65. The van der Waals surface area contributed by atoms with Crippen LogP contribution in [0.1, 0.15) is 0 Å². The second-order valence-electron chi connectivity index (χ2n) is 5.27. The fraction of sp³-hybridized carbons (Fsp3) is 0. The number of H-pyrrole nitrogens is 3. The molecule has 0 atom stereocenters. The molecule has 0 saturated heterocycles. The zero-order valence-electron chi connectivity index (χ0n) is 12.8. The normalized spacial score (nSPS) is 11.2. The van der Waals surface area contributed by atoms with Crippen molar-refractivity contribution < 1.29 is 0 Å². The van der Waals surface area contributed by atoms with Crippen molar-refractivity contribution in [2.75, 3.05) is 0 Å². The number of aromatic nitrogens is 10.